The first-order valence-corrected chi connectivity index (χ1v) is 8.61. The zero-order chi connectivity index (χ0) is 15.0. The van der Waals surface area contributed by atoms with Gasteiger partial charge in [0.1, 0.15) is 0 Å². The van der Waals surface area contributed by atoms with Gasteiger partial charge in [-0.15, -0.1) is 0 Å². The van der Waals surface area contributed by atoms with Crippen molar-refractivity contribution in [3.63, 3.8) is 0 Å². The van der Waals surface area contributed by atoms with E-state index in [1.807, 2.05) is 6.92 Å². The van der Waals surface area contributed by atoms with Gasteiger partial charge in [-0.1, -0.05) is 12.1 Å². The van der Waals surface area contributed by atoms with Crippen LogP contribution < -0.4 is 5.32 Å². The van der Waals surface area contributed by atoms with E-state index < -0.39 is 9.84 Å². The van der Waals surface area contributed by atoms with Crippen molar-refractivity contribution in [1.82, 2.24) is 5.32 Å². The predicted molar refractivity (Wildman–Crippen MR) is 78.4 cm³/mol. The van der Waals surface area contributed by atoms with Crippen molar-refractivity contribution in [3.8, 4) is 0 Å². The molecule has 0 aliphatic carbocycles. The molecule has 0 saturated heterocycles. The molecular weight excluding hydrogens is 278 g/mol. The lowest BCUT2D eigenvalue weighted by Gasteiger charge is -2.06. The summed E-state index contributed by atoms with van der Waals surface area (Å²) in [7, 11) is -3.05. The van der Waals surface area contributed by atoms with Gasteiger partial charge in [0.05, 0.1) is 5.75 Å². The van der Waals surface area contributed by atoms with E-state index in [0.717, 1.165) is 6.42 Å². The lowest BCUT2D eigenvalue weighted by Crippen LogP contribution is -2.25. The lowest BCUT2D eigenvalue weighted by molar-refractivity contribution is 0.0944. The first-order chi connectivity index (χ1) is 9.42. The van der Waals surface area contributed by atoms with E-state index in [1.54, 1.807) is 24.3 Å². The molecule has 0 unspecified atom stereocenters. The minimum Gasteiger partial charge on any atom is -0.382 e. The van der Waals surface area contributed by atoms with Crippen LogP contribution in [-0.2, 0) is 20.3 Å². The van der Waals surface area contributed by atoms with Crippen LogP contribution in [0.2, 0.25) is 0 Å². The van der Waals surface area contributed by atoms with Crippen LogP contribution in [0.4, 0.5) is 0 Å². The quantitative estimate of drug-likeness (QED) is 0.736. The Morgan fingerprint density at radius 1 is 1.25 bits per heavy atom. The van der Waals surface area contributed by atoms with Crippen molar-refractivity contribution < 1.29 is 17.9 Å². The second-order valence-electron chi connectivity index (χ2n) is 4.57. The molecule has 0 aliphatic heterocycles. The number of carbonyl (C=O) groups excluding carboxylic acids is 1. The highest BCUT2D eigenvalue weighted by molar-refractivity contribution is 7.89. The molecule has 0 aromatic heterocycles. The first kappa shape index (κ1) is 16.7. The highest BCUT2D eigenvalue weighted by atomic mass is 32.2. The molecule has 5 nitrogen and oxygen atoms in total. The summed E-state index contributed by atoms with van der Waals surface area (Å²) in [4.78, 5) is 11.8. The van der Waals surface area contributed by atoms with Crippen LogP contribution >= 0.6 is 0 Å². The predicted octanol–water partition coefficient (Wildman–Crippen LogP) is 1.39. The average molecular weight is 299 g/mol. The second-order valence-corrected chi connectivity index (χ2v) is 6.71. The number of amides is 1. The number of ether oxygens (including phenoxy) is 1. The SMILES string of the molecule is CCOCCCNC(=O)c1ccc(CS(C)(=O)=O)cc1. The molecule has 0 heterocycles. The summed E-state index contributed by atoms with van der Waals surface area (Å²) in [5.74, 6) is -0.170. The summed E-state index contributed by atoms with van der Waals surface area (Å²) >= 11 is 0. The topological polar surface area (TPSA) is 72.5 Å². The van der Waals surface area contributed by atoms with E-state index in [-0.39, 0.29) is 11.7 Å². The molecular formula is C14H21NO4S. The maximum Gasteiger partial charge on any atom is 0.251 e. The van der Waals surface area contributed by atoms with E-state index >= 15 is 0 Å². The van der Waals surface area contributed by atoms with Gasteiger partial charge in [0.2, 0.25) is 0 Å². The van der Waals surface area contributed by atoms with E-state index in [2.05, 4.69) is 5.32 Å². The molecule has 0 atom stereocenters. The van der Waals surface area contributed by atoms with Crippen LogP contribution in [-0.4, -0.2) is 40.3 Å². The fraction of sp³-hybridized carbons (Fsp3) is 0.500. The Morgan fingerprint density at radius 3 is 2.45 bits per heavy atom. The Balaban J connectivity index is 2.45. The number of sulfone groups is 1. The molecule has 0 bridgehead atoms. The van der Waals surface area contributed by atoms with E-state index in [4.69, 9.17) is 4.74 Å². The second kappa shape index (κ2) is 8.01. The molecule has 20 heavy (non-hydrogen) atoms. The molecule has 1 N–H and O–H groups in total. The fourth-order valence-corrected chi connectivity index (χ4v) is 2.48. The average Bonchev–Trinajstić information content (AvgIpc) is 2.37. The van der Waals surface area contributed by atoms with Gasteiger partial charge in [-0.3, -0.25) is 4.79 Å². The minimum atomic E-state index is -3.05. The van der Waals surface area contributed by atoms with Crippen LogP contribution in [0.1, 0.15) is 29.3 Å². The highest BCUT2D eigenvalue weighted by Gasteiger charge is 2.07. The third kappa shape index (κ3) is 6.68. The van der Waals surface area contributed by atoms with Crippen LogP contribution in [0.5, 0.6) is 0 Å². The Labute approximate surface area is 120 Å². The van der Waals surface area contributed by atoms with Crippen LogP contribution in [0.3, 0.4) is 0 Å². The molecule has 0 saturated carbocycles. The van der Waals surface area contributed by atoms with Crippen molar-refractivity contribution in [1.29, 1.82) is 0 Å². The number of nitrogens with one attached hydrogen (secondary N) is 1. The van der Waals surface area contributed by atoms with Gasteiger partial charge in [0.25, 0.3) is 5.91 Å². The van der Waals surface area contributed by atoms with E-state index in [9.17, 15) is 13.2 Å². The summed E-state index contributed by atoms with van der Waals surface area (Å²) in [6.45, 7) is 3.79. The van der Waals surface area contributed by atoms with E-state index in [0.29, 0.717) is 30.9 Å². The van der Waals surface area contributed by atoms with Crippen molar-refractivity contribution in [2.75, 3.05) is 26.0 Å². The number of benzene rings is 1. The number of hydrogen-bond acceptors (Lipinski definition) is 4. The molecule has 1 amide bonds. The van der Waals surface area contributed by atoms with Crippen molar-refractivity contribution in [2.45, 2.75) is 19.1 Å². The number of hydrogen-bond donors (Lipinski definition) is 1. The molecule has 1 aromatic rings. The molecule has 1 aromatic carbocycles. The van der Waals surface area contributed by atoms with Crippen LogP contribution in [0, 0.1) is 0 Å². The van der Waals surface area contributed by atoms with Gasteiger partial charge in [-0.25, -0.2) is 8.42 Å². The highest BCUT2D eigenvalue weighted by Crippen LogP contribution is 2.07. The molecule has 0 radical (unpaired) electrons. The largest absolute Gasteiger partial charge is 0.382 e. The van der Waals surface area contributed by atoms with Crippen molar-refractivity contribution in [3.05, 3.63) is 35.4 Å². The molecule has 0 spiro atoms. The van der Waals surface area contributed by atoms with Crippen LogP contribution in [0.15, 0.2) is 24.3 Å². The molecule has 112 valence electrons. The normalized spacial score (nSPS) is 11.3. The molecule has 0 aliphatic rings. The summed E-state index contributed by atoms with van der Waals surface area (Å²) in [5, 5.41) is 2.79. The van der Waals surface area contributed by atoms with E-state index in [1.165, 1.54) is 6.26 Å². The Hall–Kier alpha value is -1.40. The summed E-state index contributed by atoms with van der Waals surface area (Å²) in [6.07, 6.45) is 1.96. The maximum atomic E-state index is 11.8. The van der Waals surface area contributed by atoms with Gasteiger partial charge < -0.3 is 10.1 Å². The molecule has 6 heteroatoms. The Morgan fingerprint density at radius 2 is 1.90 bits per heavy atom. The Kier molecular flexibility index (Phi) is 6.67. The molecule has 0 fully saturated rings. The van der Waals surface area contributed by atoms with Gasteiger partial charge in [0, 0.05) is 31.6 Å². The summed E-state index contributed by atoms with van der Waals surface area (Å²) in [6, 6.07) is 6.60. The number of carbonyl (C=O) groups is 1. The monoisotopic (exact) mass is 299 g/mol. The van der Waals surface area contributed by atoms with Crippen LogP contribution in [0.25, 0.3) is 0 Å². The third-order valence-electron chi connectivity index (χ3n) is 2.60. The lowest BCUT2D eigenvalue weighted by atomic mass is 10.1. The summed E-state index contributed by atoms with van der Waals surface area (Å²) < 4.78 is 27.5. The number of rotatable bonds is 8. The minimum absolute atomic E-state index is 0.0107. The van der Waals surface area contributed by atoms with Crippen molar-refractivity contribution in [2.24, 2.45) is 0 Å². The smallest absolute Gasteiger partial charge is 0.251 e. The van der Waals surface area contributed by atoms with Gasteiger partial charge in [0.15, 0.2) is 9.84 Å². The Bertz CT molecular complexity index is 523. The zero-order valence-electron chi connectivity index (χ0n) is 11.9. The van der Waals surface area contributed by atoms with Gasteiger partial charge in [-0.05, 0) is 31.0 Å². The fourth-order valence-electron chi connectivity index (χ4n) is 1.68. The van der Waals surface area contributed by atoms with Gasteiger partial charge >= 0.3 is 0 Å². The zero-order valence-corrected chi connectivity index (χ0v) is 12.7. The van der Waals surface area contributed by atoms with Gasteiger partial charge in [-0.2, -0.15) is 0 Å². The molecule has 1 rings (SSSR count). The standard InChI is InChI=1S/C14H21NO4S/c1-3-19-10-4-9-15-14(16)13-7-5-12(6-8-13)11-20(2,17)18/h5-8H,3-4,9-11H2,1-2H3,(H,15,16). The first-order valence-electron chi connectivity index (χ1n) is 6.55. The van der Waals surface area contributed by atoms with Crippen molar-refractivity contribution >= 4 is 15.7 Å². The maximum absolute atomic E-state index is 11.8. The summed E-state index contributed by atoms with van der Waals surface area (Å²) in [5.41, 5.74) is 1.21. The third-order valence-corrected chi connectivity index (χ3v) is 3.46.